The monoisotopic (exact) mass is 975 g/mol. The van der Waals surface area contributed by atoms with Crippen LogP contribution in [-0.2, 0) is 28.6 Å². The van der Waals surface area contributed by atoms with Crippen molar-refractivity contribution in [2.45, 2.75) is 374 Å². The smallest absolute Gasteiger partial charge is 0.306 e. The van der Waals surface area contributed by atoms with E-state index in [0.29, 0.717) is 19.3 Å². The van der Waals surface area contributed by atoms with Crippen molar-refractivity contribution in [3.8, 4) is 0 Å². The van der Waals surface area contributed by atoms with Crippen LogP contribution in [0.4, 0.5) is 0 Å². The van der Waals surface area contributed by atoms with E-state index in [2.05, 4.69) is 20.8 Å². The summed E-state index contributed by atoms with van der Waals surface area (Å²) in [6.45, 7) is 6.66. The predicted molar refractivity (Wildman–Crippen MR) is 298 cm³/mol. The van der Waals surface area contributed by atoms with E-state index >= 15 is 0 Å². The van der Waals surface area contributed by atoms with Gasteiger partial charge in [0.25, 0.3) is 0 Å². The summed E-state index contributed by atoms with van der Waals surface area (Å²) in [5.74, 6) is -0.843. The first-order valence-electron chi connectivity index (χ1n) is 31.5. The molecule has 0 aromatic carbocycles. The van der Waals surface area contributed by atoms with Gasteiger partial charge in [0.05, 0.1) is 0 Å². The fourth-order valence-electron chi connectivity index (χ4n) is 9.86. The molecular formula is C63H122O6. The summed E-state index contributed by atoms with van der Waals surface area (Å²) in [4.78, 5) is 37.9. The van der Waals surface area contributed by atoms with Crippen molar-refractivity contribution in [3.05, 3.63) is 0 Å². The molecule has 410 valence electrons. The highest BCUT2D eigenvalue weighted by Crippen LogP contribution is 2.19. The Balaban J connectivity index is 3.98. The molecule has 6 heteroatoms. The van der Waals surface area contributed by atoms with Crippen LogP contribution in [0.3, 0.4) is 0 Å². The molecule has 1 atom stereocenters. The highest BCUT2D eigenvalue weighted by Gasteiger charge is 2.19. The van der Waals surface area contributed by atoms with Gasteiger partial charge in [0, 0.05) is 19.3 Å². The number of ether oxygens (including phenoxy) is 3. The first-order valence-corrected chi connectivity index (χ1v) is 31.5. The molecule has 0 spiro atoms. The quantitative estimate of drug-likeness (QED) is 0.0343. The Labute approximate surface area is 431 Å². The largest absolute Gasteiger partial charge is 0.462 e. The third kappa shape index (κ3) is 57.2. The maximum absolute atomic E-state index is 12.8. The van der Waals surface area contributed by atoms with Gasteiger partial charge in [-0.3, -0.25) is 14.4 Å². The molecule has 0 saturated carbocycles. The summed E-state index contributed by atoms with van der Waals surface area (Å²) in [5.41, 5.74) is 0. The van der Waals surface area contributed by atoms with E-state index in [0.717, 1.165) is 57.8 Å². The lowest BCUT2D eigenvalue weighted by atomic mass is 10.0. The van der Waals surface area contributed by atoms with Gasteiger partial charge in [0.15, 0.2) is 6.10 Å². The Hall–Kier alpha value is -1.59. The summed E-state index contributed by atoms with van der Waals surface area (Å²) in [6.07, 6.45) is 67.3. The van der Waals surface area contributed by atoms with Crippen molar-refractivity contribution < 1.29 is 28.6 Å². The summed E-state index contributed by atoms with van der Waals surface area (Å²) >= 11 is 0. The maximum Gasteiger partial charge on any atom is 0.306 e. The second-order valence-electron chi connectivity index (χ2n) is 21.7. The average molecular weight is 976 g/mol. The Morgan fingerprint density at radius 1 is 0.232 bits per heavy atom. The number of hydrogen-bond donors (Lipinski definition) is 0. The highest BCUT2D eigenvalue weighted by molar-refractivity contribution is 5.71. The highest BCUT2D eigenvalue weighted by atomic mass is 16.6. The van der Waals surface area contributed by atoms with Crippen molar-refractivity contribution >= 4 is 17.9 Å². The van der Waals surface area contributed by atoms with Gasteiger partial charge in [0.1, 0.15) is 13.2 Å². The third-order valence-corrected chi connectivity index (χ3v) is 14.6. The summed E-state index contributed by atoms with van der Waals surface area (Å²) in [7, 11) is 0. The molecule has 0 heterocycles. The van der Waals surface area contributed by atoms with Crippen LogP contribution >= 0.6 is 0 Å². The van der Waals surface area contributed by atoms with E-state index in [1.54, 1.807) is 0 Å². The third-order valence-electron chi connectivity index (χ3n) is 14.6. The molecule has 0 fully saturated rings. The molecule has 1 unspecified atom stereocenters. The fourth-order valence-corrected chi connectivity index (χ4v) is 9.86. The van der Waals surface area contributed by atoms with Crippen LogP contribution in [0, 0.1) is 0 Å². The van der Waals surface area contributed by atoms with Gasteiger partial charge in [-0.15, -0.1) is 0 Å². The SMILES string of the molecule is CCCCCCCCCCCCCCCCCCCCCCCCCCCCCC(=O)OCC(COC(=O)CCCCCCCC)OC(=O)CCCCCCCCCCCCCCCCCCCC. The topological polar surface area (TPSA) is 78.9 Å². The zero-order valence-corrected chi connectivity index (χ0v) is 47.1. The first-order chi connectivity index (χ1) is 34.0. The average Bonchev–Trinajstić information content (AvgIpc) is 3.35. The van der Waals surface area contributed by atoms with Crippen LogP contribution in [0.2, 0.25) is 0 Å². The van der Waals surface area contributed by atoms with E-state index in [4.69, 9.17) is 14.2 Å². The molecule has 0 N–H and O–H groups in total. The summed E-state index contributed by atoms with van der Waals surface area (Å²) < 4.78 is 16.8. The molecule has 0 aromatic heterocycles. The van der Waals surface area contributed by atoms with Crippen LogP contribution in [-0.4, -0.2) is 37.2 Å². The number of carbonyl (C=O) groups excluding carboxylic acids is 3. The van der Waals surface area contributed by atoms with Crippen LogP contribution < -0.4 is 0 Å². The van der Waals surface area contributed by atoms with E-state index in [1.165, 1.54) is 270 Å². The summed E-state index contributed by atoms with van der Waals surface area (Å²) in [6, 6.07) is 0. The van der Waals surface area contributed by atoms with Crippen LogP contribution in [0.5, 0.6) is 0 Å². The van der Waals surface area contributed by atoms with Crippen LogP contribution in [0.1, 0.15) is 367 Å². The minimum absolute atomic E-state index is 0.0620. The Morgan fingerprint density at radius 3 is 0.580 bits per heavy atom. The normalized spacial score (nSPS) is 11.9. The Kier molecular flexibility index (Phi) is 57.6. The number of hydrogen-bond acceptors (Lipinski definition) is 6. The molecule has 0 saturated heterocycles. The van der Waals surface area contributed by atoms with Crippen LogP contribution in [0.15, 0.2) is 0 Å². The van der Waals surface area contributed by atoms with Gasteiger partial charge in [-0.05, 0) is 19.3 Å². The maximum atomic E-state index is 12.8. The molecule has 0 rings (SSSR count). The van der Waals surface area contributed by atoms with Gasteiger partial charge in [0.2, 0.25) is 0 Å². The number of unbranched alkanes of at least 4 members (excludes halogenated alkanes) is 48. The second kappa shape index (κ2) is 59.0. The molecule has 0 radical (unpaired) electrons. The molecule has 0 bridgehead atoms. The summed E-state index contributed by atoms with van der Waals surface area (Å²) in [5, 5.41) is 0. The minimum atomic E-state index is -0.760. The van der Waals surface area contributed by atoms with E-state index in [-0.39, 0.29) is 31.1 Å². The van der Waals surface area contributed by atoms with Gasteiger partial charge >= 0.3 is 17.9 Å². The molecule has 0 amide bonds. The lowest BCUT2D eigenvalue weighted by Gasteiger charge is -2.18. The second-order valence-corrected chi connectivity index (χ2v) is 21.7. The van der Waals surface area contributed by atoms with Crippen molar-refractivity contribution in [3.63, 3.8) is 0 Å². The van der Waals surface area contributed by atoms with Crippen molar-refractivity contribution in [1.29, 1.82) is 0 Å². The molecule has 0 aliphatic carbocycles. The molecule has 0 aliphatic heterocycles. The molecule has 6 nitrogen and oxygen atoms in total. The predicted octanol–water partition coefficient (Wildman–Crippen LogP) is 21.1. The first kappa shape index (κ1) is 67.4. The molecular weight excluding hydrogens is 853 g/mol. The van der Waals surface area contributed by atoms with Gasteiger partial charge < -0.3 is 14.2 Å². The van der Waals surface area contributed by atoms with E-state index in [1.807, 2.05) is 0 Å². The lowest BCUT2D eigenvalue weighted by molar-refractivity contribution is -0.167. The number of rotatable bonds is 59. The zero-order valence-electron chi connectivity index (χ0n) is 47.1. The van der Waals surface area contributed by atoms with Crippen molar-refractivity contribution in [2.24, 2.45) is 0 Å². The number of carbonyl (C=O) groups is 3. The molecule has 0 aromatic rings. The Morgan fingerprint density at radius 2 is 0.391 bits per heavy atom. The standard InChI is InChI=1S/C63H122O6/c1-4-7-10-13-16-18-20-22-24-26-28-29-30-31-32-33-34-35-36-38-39-41-43-45-47-50-53-56-62(65)68-59-60(58-67-61(64)55-52-49-15-12-9-6-3)69-63(66)57-54-51-48-46-44-42-40-37-27-25-23-21-19-17-14-11-8-5-2/h60H,4-59H2,1-3H3. The van der Waals surface area contributed by atoms with E-state index < -0.39 is 6.10 Å². The van der Waals surface area contributed by atoms with Gasteiger partial charge in [-0.25, -0.2) is 0 Å². The van der Waals surface area contributed by atoms with Crippen molar-refractivity contribution in [2.75, 3.05) is 13.2 Å². The Bertz CT molecular complexity index is 1030. The van der Waals surface area contributed by atoms with Gasteiger partial charge in [-0.1, -0.05) is 329 Å². The van der Waals surface area contributed by atoms with Crippen molar-refractivity contribution in [1.82, 2.24) is 0 Å². The van der Waals surface area contributed by atoms with Gasteiger partial charge in [-0.2, -0.15) is 0 Å². The van der Waals surface area contributed by atoms with Crippen LogP contribution in [0.25, 0.3) is 0 Å². The zero-order chi connectivity index (χ0) is 50.0. The molecule has 69 heavy (non-hydrogen) atoms. The lowest BCUT2D eigenvalue weighted by Crippen LogP contribution is -2.30. The molecule has 0 aliphatic rings. The number of esters is 3. The fraction of sp³-hybridized carbons (Fsp3) is 0.952. The van der Waals surface area contributed by atoms with E-state index in [9.17, 15) is 14.4 Å². The minimum Gasteiger partial charge on any atom is -0.462 e.